The van der Waals surface area contributed by atoms with Gasteiger partial charge in [0.05, 0.1) is 7.11 Å². The normalized spacial score (nSPS) is 11.6. The summed E-state index contributed by atoms with van der Waals surface area (Å²) < 4.78 is 4.62. The van der Waals surface area contributed by atoms with Crippen molar-refractivity contribution >= 4 is 17.6 Å². The third-order valence-corrected chi connectivity index (χ3v) is 2.48. The van der Waals surface area contributed by atoms with Crippen LogP contribution < -0.4 is 5.32 Å². The first kappa shape index (κ1) is 14.0. The van der Waals surface area contributed by atoms with Crippen LogP contribution in [0.4, 0.5) is 5.69 Å². The van der Waals surface area contributed by atoms with Gasteiger partial charge in [-0.15, -0.1) is 0 Å². The van der Waals surface area contributed by atoms with E-state index in [1.54, 1.807) is 45.3 Å². The van der Waals surface area contributed by atoms with Crippen LogP contribution in [0.1, 0.15) is 17.3 Å². The van der Waals surface area contributed by atoms with Gasteiger partial charge in [-0.2, -0.15) is 0 Å². The van der Waals surface area contributed by atoms with Crippen molar-refractivity contribution in [1.82, 2.24) is 4.90 Å². The lowest BCUT2D eigenvalue weighted by atomic mass is 10.2. The number of nitrogens with one attached hydrogen (secondary N) is 1. The summed E-state index contributed by atoms with van der Waals surface area (Å²) in [7, 11) is 4.75. The first-order valence-electron chi connectivity index (χ1n) is 5.61. The topological polar surface area (TPSA) is 58.6 Å². The Labute approximate surface area is 107 Å². The second-order valence-corrected chi connectivity index (χ2v) is 4.17. The molecular weight excluding hydrogens is 232 g/mol. The highest BCUT2D eigenvalue weighted by atomic mass is 16.5. The molecule has 5 heteroatoms. The average molecular weight is 250 g/mol. The van der Waals surface area contributed by atoms with Crippen LogP contribution in [0.5, 0.6) is 0 Å². The second kappa shape index (κ2) is 6.05. The van der Waals surface area contributed by atoms with E-state index in [1.165, 1.54) is 12.0 Å². The van der Waals surface area contributed by atoms with Gasteiger partial charge in [0.25, 0.3) is 5.91 Å². The minimum atomic E-state index is -0.426. The molecule has 1 unspecified atom stereocenters. The first-order chi connectivity index (χ1) is 8.45. The van der Waals surface area contributed by atoms with Crippen molar-refractivity contribution < 1.29 is 14.3 Å². The molecule has 1 N–H and O–H groups in total. The van der Waals surface area contributed by atoms with E-state index < -0.39 is 6.04 Å². The molecule has 0 spiro atoms. The van der Waals surface area contributed by atoms with Crippen molar-refractivity contribution in [2.45, 2.75) is 13.0 Å². The number of rotatable bonds is 4. The molecule has 1 amide bonds. The second-order valence-electron chi connectivity index (χ2n) is 4.17. The number of nitrogens with zero attached hydrogens (tertiary/aromatic N) is 1. The standard InChI is InChI=1S/C13H18N2O3/c1-9(13(17)18-4)14-11-7-5-10(6-8-11)12(16)15(2)3/h5-9,14H,1-4H3. The fourth-order valence-corrected chi connectivity index (χ4v) is 1.45. The summed E-state index contributed by atoms with van der Waals surface area (Å²) in [6, 6.07) is 6.53. The Balaban J connectivity index is 2.72. The number of benzene rings is 1. The Morgan fingerprint density at radius 3 is 2.22 bits per heavy atom. The number of ether oxygens (including phenoxy) is 1. The molecule has 0 aliphatic rings. The van der Waals surface area contributed by atoms with Crippen molar-refractivity contribution in [1.29, 1.82) is 0 Å². The van der Waals surface area contributed by atoms with Gasteiger partial charge in [0.1, 0.15) is 6.04 Å². The van der Waals surface area contributed by atoms with Crippen molar-refractivity contribution in [2.75, 3.05) is 26.5 Å². The van der Waals surface area contributed by atoms with E-state index in [4.69, 9.17) is 0 Å². The molecule has 1 atom stereocenters. The van der Waals surface area contributed by atoms with Gasteiger partial charge in [-0.05, 0) is 31.2 Å². The lowest BCUT2D eigenvalue weighted by Crippen LogP contribution is -2.27. The molecule has 1 rings (SSSR count). The van der Waals surface area contributed by atoms with Gasteiger partial charge in [-0.3, -0.25) is 4.79 Å². The van der Waals surface area contributed by atoms with Gasteiger partial charge in [0.2, 0.25) is 0 Å². The lowest BCUT2D eigenvalue weighted by Gasteiger charge is -2.14. The lowest BCUT2D eigenvalue weighted by molar-refractivity contribution is -0.141. The molecule has 0 aromatic heterocycles. The summed E-state index contributed by atoms with van der Waals surface area (Å²) in [6.07, 6.45) is 0. The Kier molecular flexibility index (Phi) is 4.71. The molecule has 0 radical (unpaired) electrons. The number of methoxy groups -OCH3 is 1. The van der Waals surface area contributed by atoms with Crippen LogP contribution in [0.3, 0.4) is 0 Å². The zero-order chi connectivity index (χ0) is 13.7. The molecule has 0 saturated heterocycles. The molecule has 1 aromatic carbocycles. The Bertz CT molecular complexity index is 426. The summed E-state index contributed by atoms with van der Waals surface area (Å²) in [5, 5.41) is 2.99. The monoisotopic (exact) mass is 250 g/mol. The largest absolute Gasteiger partial charge is 0.467 e. The maximum Gasteiger partial charge on any atom is 0.327 e. The molecular formula is C13H18N2O3. The van der Waals surface area contributed by atoms with Crippen molar-refractivity contribution in [3.05, 3.63) is 29.8 Å². The molecule has 0 aliphatic heterocycles. The molecule has 0 fully saturated rings. The Hall–Kier alpha value is -2.04. The molecule has 0 aliphatic carbocycles. The Morgan fingerprint density at radius 2 is 1.78 bits per heavy atom. The van der Waals surface area contributed by atoms with Crippen LogP contribution in [0.2, 0.25) is 0 Å². The van der Waals surface area contributed by atoms with E-state index in [0.717, 1.165) is 5.69 Å². The molecule has 5 nitrogen and oxygen atoms in total. The predicted molar refractivity (Wildman–Crippen MR) is 69.6 cm³/mol. The van der Waals surface area contributed by atoms with Crippen molar-refractivity contribution in [3.8, 4) is 0 Å². The maximum atomic E-state index is 11.7. The molecule has 0 heterocycles. The number of hydrogen-bond donors (Lipinski definition) is 1. The van der Waals surface area contributed by atoms with Crippen LogP contribution in [-0.4, -0.2) is 44.0 Å². The van der Waals surface area contributed by atoms with Crippen molar-refractivity contribution in [2.24, 2.45) is 0 Å². The van der Waals surface area contributed by atoms with Gasteiger partial charge in [-0.1, -0.05) is 0 Å². The number of amides is 1. The van der Waals surface area contributed by atoms with Gasteiger partial charge in [0.15, 0.2) is 0 Å². The first-order valence-corrected chi connectivity index (χ1v) is 5.61. The molecule has 1 aromatic rings. The zero-order valence-corrected chi connectivity index (χ0v) is 11.1. The third-order valence-electron chi connectivity index (χ3n) is 2.48. The SMILES string of the molecule is COC(=O)C(C)Nc1ccc(C(=O)N(C)C)cc1. The van der Waals surface area contributed by atoms with Crippen LogP contribution in [0, 0.1) is 0 Å². The fourth-order valence-electron chi connectivity index (χ4n) is 1.45. The summed E-state index contributed by atoms with van der Waals surface area (Å²) >= 11 is 0. The van der Waals surface area contributed by atoms with E-state index >= 15 is 0 Å². The summed E-state index contributed by atoms with van der Waals surface area (Å²) in [6.45, 7) is 1.71. The van der Waals surface area contributed by atoms with E-state index in [1.807, 2.05) is 0 Å². The summed E-state index contributed by atoms with van der Waals surface area (Å²) in [5.41, 5.74) is 1.37. The number of esters is 1. The summed E-state index contributed by atoms with van der Waals surface area (Å²) in [4.78, 5) is 24.4. The minimum absolute atomic E-state index is 0.0532. The smallest absolute Gasteiger partial charge is 0.327 e. The molecule has 18 heavy (non-hydrogen) atoms. The highest BCUT2D eigenvalue weighted by Crippen LogP contribution is 2.12. The summed E-state index contributed by atoms with van der Waals surface area (Å²) in [5.74, 6) is -0.383. The van der Waals surface area contributed by atoms with Crippen LogP contribution in [0.25, 0.3) is 0 Å². The van der Waals surface area contributed by atoms with Gasteiger partial charge in [-0.25, -0.2) is 4.79 Å². The number of carbonyl (C=O) groups excluding carboxylic acids is 2. The highest BCUT2D eigenvalue weighted by Gasteiger charge is 2.13. The molecule has 0 saturated carbocycles. The van der Waals surface area contributed by atoms with Gasteiger partial charge >= 0.3 is 5.97 Å². The Morgan fingerprint density at radius 1 is 1.22 bits per heavy atom. The predicted octanol–water partition coefficient (Wildman–Crippen LogP) is 1.36. The maximum absolute atomic E-state index is 11.7. The quantitative estimate of drug-likeness (QED) is 0.820. The van der Waals surface area contributed by atoms with E-state index in [0.29, 0.717) is 5.56 Å². The molecule has 98 valence electrons. The van der Waals surface area contributed by atoms with E-state index in [9.17, 15) is 9.59 Å². The van der Waals surface area contributed by atoms with E-state index in [2.05, 4.69) is 10.1 Å². The average Bonchev–Trinajstić information content (AvgIpc) is 2.37. The third kappa shape index (κ3) is 3.48. The van der Waals surface area contributed by atoms with E-state index in [-0.39, 0.29) is 11.9 Å². The number of hydrogen-bond acceptors (Lipinski definition) is 4. The highest BCUT2D eigenvalue weighted by molar-refractivity contribution is 5.94. The van der Waals surface area contributed by atoms with Gasteiger partial charge in [0, 0.05) is 25.3 Å². The van der Waals surface area contributed by atoms with Crippen LogP contribution >= 0.6 is 0 Å². The number of anilines is 1. The van der Waals surface area contributed by atoms with Crippen molar-refractivity contribution in [3.63, 3.8) is 0 Å². The minimum Gasteiger partial charge on any atom is -0.467 e. The number of carbonyl (C=O) groups is 2. The molecule has 0 bridgehead atoms. The zero-order valence-electron chi connectivity index (χ0n) is 11.1. The van der Waals surface area contributed by atoms with Crippen LogP contribution in [-0.2, 0) is 9.53 Å². The van der Waals surface area contributed by atoms with Gasteiger partial charge < -0.3 is 15.0 Å². The fraction of sp³-hybridized carbons (Fsp3) is 0.385. The van der Waals surface area contributed by atoms with Crippen LogP contribution in [0.15, 0.2) is 24.3 Å².